The fourth-order valence-electron chi connectivity index (χ4n) is 2.10. The number of hydrogen-bond donors (Lipinski definition) is 1. The first-order valence-electron chi connectivity index (χ1n) is 4.99. The Balaban J connectivity index is 2.51. The average Bonchev–Trinajstić information content (AvgIpc) is 2.81. The van der Waals surface area contributed by atoms with E-state index < -0.39 is 5.97 Å². The molecule has 3 rings (SSSR count). The Kier molecular flexibility index (Phi) is 2.18. The number of nitrogens with zero attached hydrogens (tertiary/aromatic N) is 1. The maximum Gasteiger partial charge on any atom is 0.345 e. The van der Waals surface area contributed by atoms with E-state index in [0.717, 1.165) is 21.1 Å². The highest BCUT2D eigenvalue weighted by Crippen LogP contribution is 2.37. The molecule has 1 aromatic carbocycles. The normalized spacial score (nSPS) is 11.4. The summed E-state index contributed by atoms with van der Waals surface area (Å²) in [5, 5.41) is 11.6. The van der Waals surface area contributed by atoms with Gasteiger partial charge in [-0.2, -0.15) is 0 Å². The van der Waals surface area contributed by atoms with Crippen LogP contribution in [0, 0.1) is 0 Å². The number of halogens is 1. The third-order valence-corrected chi connectivity index (χ3v) is 4.34. The van der Waals surface area contributed by atoms with E-state index in [1.165, 1.54) is 11.3 Å². The van der Waals surface area contributed by atoms with Gasteiger partial charge in [0.1, 0.15) is 9.71 Å². The Morgan fingerprint density at radius 1 is 1.41 bits per heavy atom. The van der Waals surface area contributed by atoms with Crippen LogP contribution in [0.25, 0.3) is 21.1 Å². The predicted molar refractivity (Wildman–Crippen MR) is 70.3 cm³/mol. The summed E-state index contributed by atoms with van der Waals surface area (Å²) < 4.78 is 1.95. The number of carbonyl (C=O) groups is 1. The van der Waals surface area contributed by atoms with Crippen molar-refractivity contribution in [3.05, 3.63) is 34.2 Å². The van der Waals surface area contributed by atoms with Crippen molar-refractivity contribution in [3.8, 4) is 0 Å². The molecule has 86 valence electrons. The molecule has 0 aliphatic rings. The first-order chi connectivity index (χ1) is 8.09. The van der Waals surface area contributed by atoms with Gasteiger partial charge in [0, 0.05) is 17.8 Å². The second-order valence-electron chi connectivity index (χ2n) is 3.83. The van der Waals surface area contributed by atoms with Crippen LogP contribution in [0.15, 0.2) is 24.3 Å². The van der Waals surface area contributed by atoms with Gasteiger partial charge in [-0.1, -0.05) is 23.7 Å². The molecule has 3 nitrogen and oxygen atoms in total. The Morgan fingerprint density at radius 3 is 2.88 bits per heavy atom. The third-order valence-electron chi connectivity index (χ3n) is 2.84. The molecule has 0 atom stereocenters. The van der Waals surface area contributed by atoms with Gasteiger partial charge in [-0.15, -0.1) is 11.3 Å². The van der Waals surface area contributed by atoms with Gasteiger partial charge in [0.05, 0.1) is 10.5 Å². The second kappa shape index (κ2) is 3.48. The van der Waals surface area contributed by atoms with Gasteiger partial charge >= 0.3 is 5.97 Å². The standard InChI is InChI=1S/C12H8ClNO2S/c1-14-10-6(3-2-4-8(10)13)7-5-9(12(15)16)17-11(7)14/h2-5H,1H3,(H,15,16). The smallest absolute Gasteiger partial charge is 0.345 e. The second-order valence-corrected chi connectivity index (χ2v) is 5.27. The molecule has 2 heterocycles. The van der Waals surface area contributed by atoms with Crippen LogP contribution in [0.2, 0.25) is 5.02 Å². The molecule has 0 amide bonds. The number of carboxylic acid groups (broad SMARTS) is 1. The molecular weight excluding hydrogens is 258 g/mol. The molecule has 3 aromatic rings. The Morgan fingerprint density at radius 2 is 2.18 bits per heavy atom. The maximum atomic E-state index is 11.0. The summed E-state index contributed by atoms with van der Waals surface area (Å²) >= 11 is 7.43. The van der Waals surface area contributed by atoms with Crippen LogP contribution in [0.1, 0.15) is 9.67 Å². The number of thiophene rings is 1. The van der Waals surface area contributed by atoms with Gasteiger partial charge in [-0.25, -0.2) is 4.79 Å². The molecule has 1 N–H and O–H groups in total. The van der Waals surface area contributed by atoms with E-state index in [1.807, 2.05) is 29.8 Å². The molecule has 0 radical (unpaired) electrons. The highest BCUT2D eigenvalue weighted by Gasteiger charge is 2.16. The van der Waals surface area contributed by atoms with Crippen molar-refractivity contribution in [2.75, 3.05) is 0 Å². The summed E-state index contributed by atoms with van der Waals surface area (Å²) in [6, 6.07) is 7.39. The zero-order chi connectivity index (χ0) is 12.2. The monoisotopic (exact) mass is 265 g/mol. The summed E-state index contributed by atoms with van der Waals surface area (Å²) in [5.41, 5.74) is 0.951. The van der Waals surface area contributed by atoms with Crippen LogP contribution in [0.5, 0.6) is 0 Å². The summed E-state index contributed by atoms with van der Waals surface area (Å²) in [6.45, 7) is 0. The van der Waals surface area contributed by atoms with E-state index >= 15 is 0 Å². The molecule has 0 aliphatic carbocycles. The SMILES string of the molecule is Cn1c2sc(C(=O)O)cc2c2cccc(Cl)c21. The first-order valence-corrected chi connectivity index (χ1v) is 6.19. The quantitative estimate of drug-likeness (QED) is 0.728. The first kappa shape index (κ1) is 10.6. The van der Waals surface area contributed by atoms with Gasteiger partial charge in [0.15, 0.2) is 0 Å². The minimum Gasteiger partial charge on any atom is -0.477 e. The van der Waals surface area contributed by atoms with Crippen molar-refractivity contribution >= 4 is 50.0 Å². The topological polar surface area (TPSA) is 42.2 Å². The largest absolute Gasteiger partial charge is 0.477 e. The van der Waals surface area contributed by atoms with Gasteiger partial charge in [-0.05, 0) is 12.1 Å². The molecule has 2 aromatic heterocycles. The zero-order valence-electron chi connectivity index (χ0n) is 8.90. The van der Waals surface area contributed by atoms with Crippen molar-refractivity contribution in [1.82, 2.24) is 4.57 Å². The summed E-state index contributed by atoms with van der Waals surface area (Å²) in [4.78, 5) is 12.2. The Bertz CT molecular complexity index is 757. The van der Waals surface area contributed by atoms with Crippen LogP contribution in [-0.2, 0) is 7.05 Å². The van der Waals surface area contributed by atoms with E-state index in [1.54, 1.807) is 6.07 Å². The molecule has 0 aliphatic heterocycles. The van der Waals surface area contributed by atoms with Crippen molar-refractivity contribution in [3.63, 3.8) is 0 Å². The molecule has 5 heteroatoms. The van der Waals surface area contributed by atoms with Gasteiger partial charge < -0.3 is 9.67 Å². The van der Waals surface area contributed by atoms with E-state index in [9.17, 15) is 4.79 Å². The van der Waals surface area contributed by atoms with E-state index in [0.29, 0.717) is 9.90 Å². The molecule has 17 heavy (non-hydrogen) atoms. The molecule has 0 saturated heterocycles. The molecule has 0 spiro atoms. The highest BCUT2D eigenvalue weighted by molar-refractivity contribution is 7.20. The number of aromatic nitrogens is 1. The molecule has 0 unspecified atom stereocenters. The number of fused-ring (bicyclic) bond motifs is 3. The van der Waals surface area contributed by atoms with Gasteiger partial charge in [0.25, 0.3) is 0 Å². The zero-order valence-corrected chi connectivity index (χ0v) is 10.5. The van der Waals surface area contributed by atoms with Crippen molar-refractivity contribution in [2.45, 2.75) is 0 Å². The fraction of sp³-hybridized carbons (Fsp3) is 0.0833. The van der Waals surface area contributed by atoms with Crippen molar-refractivity contribution in [1.29, 1.82) is 0 Å². The number of hydrogen-bond acceptors (Lipinski definition) is 2. The number of aromatic carboxylic acids is 1. The Hall–Kier alpha value is -1.52. The lowest BCUT2D eigenvalue weighted by Gasteiger charge is -1.99. The van der Waals surface area contributed by atoms with Crippen LogP contribution < -0.4 is 0 Å². The summed E-state index contributed by atoms with van der Waals surface area (Å²) in [5.74, 6) is -0.888. The maximum absolute atomic E-state index is 11.0. The summed E-state index contributed by atoms with van der Waals surface area (Å²) in [6.07, 6.45) is 0. The molecule has 0 saturated carbocycles. The van der Waals surface area contributed by atoms with Gasteiger partial charge in [0.2, 0.25) is 0 Å². The number of benzene rings is 1. The lowest BCUT2D eigenvalue weighted by Crippen LogP contribution is -1.90. The van der Waals surface area contributed by atoms with E-state index in [-0.39, 0.29) is 0 Å². The minimum absolute atomic E-state index is 0.354. The van der Waals surface area contributed by atoms with E-state index in [2.05, 4.69) is 0 Å². The van der Waals surface area contributed by atoms with Crippen molar-refractivity contribution in [2.24, 2.45) is 7.05 Å². The van der Waals surface area contributed by atoms with E-state index in [4.69, 9.17) is 16.7 Å². The fourth-order valence-corrected chi connectivity index (χ4v) is 3.38. The van der Waals surface area contributed by atoms with Crippen LogP contribution in [0.3, 0.4) is 0 Å². The lowest BCUT2D eigenvalue weighted by molar-refractivity contribution is 0.0702. The van der Waals surface area contributed by atoms with Gasteiger partial charge in [-0.3, -0.25) is 0 Å². The predicted octanol–water partition coefficient (Wildman–Crippen LogP) is 3.74. The van der Waals surface area contributed by atoms with Crippen molar-refractivity contribution < 1.29 is 9.90 Å². The highest BCUT2D eigenvalue weighted by atomic mass is 35.5. The molecule has 0 fully saturated rings. The number of aryl methyl sites for hydroxylation is 1. The lowest BCUT2D eigenvalue weighted by atomic mass is 10.2. The average molecular weight is 266 g/mol. The van der Waals surface area contributed by atoms with Crippen LogP contribution >= 0.6 is 22.9 Å². The van der Waals surface area contributed by atoms with Crippen LogP contribution in [0.4, 0.5) is 0 Å². The van der Waals surface area contributed by atoms with Crippen LogP contribution in [-0.4, -0.2) is 15.6 Å². The number of para-hydroxylation sites is 1. The number of rotatable bonds is 1. The third kappa shape index (κ3) is 1.38. The minimum atomic E-state index is -0.888. The molecular formula is C12H8ClNO2S. The summed E-state index contributed by atoms with van der Waals surface area (Å²) in [7, 11) is 1.90. The number of carboxylic acids is 1. The molecule has 0 bridgehead atoms. The Labute approximate surface area is 106 Å².